The maximum absolute atomic E-state index is 13.0. The average Bonchev–Trinajstić information content (AvgIpc) is 2.55. The van der Waals surface area contributed by atoms with Crippen molar-refractivity contribution < 1.29 is 23.8 Å². The monoisotopic (exact) mass is 317 g/mol. The smallest absolute Gasteiger partial charge is 0.415 e. The molecule has 2 aromatic rings. The van der Waals surface area contributed by atoms with Crippen LogP contribution in [-0.2, 0) is 16.1 Å². The highest BCUT2D eigenvalue weighted by Gasteiger charge is 2.28. The highest BCUT2D eigenvalue weighted by atomic mass is 19.1. The number of carbonyl (C=O) groups excluding carboxylic acids is 1. The molecule has 0 saturated heterocycles. The standard InChI is InChI=1S/C17H16FNO4/c1-12(16(20)21)19(15-9-7-14(18)8-10-15)17(22)23-11-13-5-3-2-4-6-13/h2-10,12H,11H2,1H3,(H,20,21). The van der Waals surface area contributed by atoms with Gasteiger partial charge in [-0.1, -0.05) is 30.3 Å². The van der Waals surface area contributed by atoms with Gasteiger partial charge in [0.2, 0.25) is 0 Å². The third-order valence-electron chi connectivity index (χ3n) is 3.25. The fraction of sp³-hybridized carbons (Fsp3) is 0.176. The Kier molecular flexibility index (Phi) is 5.30. The van der Waals surface area contributed by atoms with Crippen LogP contribution in [0.2, 0.25) is 0 Å². The minimum atomic E-state index is -1.19. The van der Waals surface area contributed by atoms with Crippen molar-refractivity contribution in [2.45, 2.75) is 19.6 Å². The van der Waals surface area contributed by atoms with Crippen molar-refractivity contribution in [1.29, 1.82) is 0 Å². The Labute approximate surface area is 132 Å². The van der Waals surface area contributed by atoms with E-state index in [2.05, 4.69) is 0 Å². The molecule has 23 heavy (non-hydrogen) atoms. The maximum Gasteiger partial charge on any atom is 0.415 e. The second kappa shape index (κ2) is 7.40. The summed E-state index contributed by atoms with van der Waals surface area (Å²) in [5.74, 6) is -1.67. The van der Waals surface area contributed by atoms with Gasteiger partial charge in [0.25, 0.3) is 0 Å². The first kappa shape index (κ1) is 16.5. The van der Waals surface area contributed by atoms with E-state index in [0.717, 1.165) is 22.6 Å². The SMILES string of the molecule is CC(C(=O)O)N(C(=O)OCc1ccccc1)c1ccc(F)cc1. The number of nitrogens with zero attached hydrogens (tertiary/aromatic N) is 1. The van der Waals surface area contributed by atoms with Crippen molar-refractivity contribution in [3.05, 3.63) is 66.0 Å². The van der Waals surface area contributed by atoms with Gasteiger partial charge in [0.15, 0.2) is 0 Å². The molecule has 0 aliphatic heterocycles. The molecule has 1 amide bonds. The van der Waals surface area contributed by atoms with Gasteiger partial charge in [0.05, 0.1) is 0 Å². The number of hydrogen-bond donors (Lipinski definition) is 1. The normalized spacial score (nSPS) is 11.6. The highest BCUT2D eigenvalue weighted by molar-refractivity contribution is 5.94. The molecule has 0 spiro atoms. The summed E-state index contributed by atoms with van der Waals surface area (Å²) in [4.78, 5) is 24.5. The summed E-state index contributed by atoms with van der Waals surface area (Å²) in [6, 6.07) is 12.8. The lowest BCUT2D eigenvalue weighted by atomic mass is 10.2. The topological polar surface area (TPSA) is 66.8 Å². The Bertz CT molecular complexity index is 673. The number of aliphatic carboxylic acids is 1. The zero-order chi connectivity index (χ0) is 16.8. The number of anilines is 1. The fourth-order valence-corrected chi connectivity index (χ4v) is 1.99. The number of amides is 1. The number of carboxylic acid groups (broad SMARTS) is 1. The Hall–Kier alpha value is -2.89. The van der Waals surface area contributed by atoms with E-state index in [4.69, 9.17) is 4.74 Å². The van der Waals surface area contributed by atoms with Gasteiger partial charge in [-0.25, -0.2) is 14.0 Å². The second-order valence-corrected chi connectivity index (χ2v) is 4.90. The van der Waals surface area contributed by atoms with E-state index >= 15 is 0 Å². The van der Waals surface area contributed by atoms with Crippen molar-refractivity contribution in [3.8, 4) is 0 Å². The Morgan fingerprint density at radius 1 is 1.13 bits per heavy atom. The van der Waals surface area contributed by atoms with E-state index in [1.807, 2.05) is 6.07 Å². The molecule has 2 aromatic carbocycles. The number of benzene rings is 2. The molecule has 0 aromatic heterocycles. The molecule has 2 rings (SSSR count). The number of halogens is 1. The third-order valence-corrected chi connectivity index (χ3v) is 3.25. The molecule has 0 heterocycles. The molecule has 0 aliphatic carbocycles. The van der Waals surface area contributed by atoms with Crippen LogP contribution in [0.15, 0.2) is 54.6 Å². The van der Waals surface area contributed by atoms with Crippen LogP contribution in [0.3, 0.4) is 0 Å². The van der Waals surface area contributed by atoms with Crippen LogP contribution in [0, 0.1) is 5.82 Å². The highest BCUT2D eigenvalue weighted by Crippen LogP contribution is 2.19. The number of hydrogen-bond acceptors (Lipinski definition) is 3. The molecular formula is C17H16FNO4. The Balaban J connectivity index is 2.17. The summed E-state index contributed by atoms with van der Waals surface area (Å²) in [6.45, 7) is 1.37. The molecule has 1 N–H and O–H groups in total. The van der Waals surface area contributed by atoms with Crippen LogP contribution in [0.25, 0.3) is 0 Å². The van der Waals surface area contributed by atoms with Crippen LogP contribution in [-0.4, -0.2) is 23.2 Å². The first-order chi connectivity index (χ1) is 11.0. The molecule has 6 heteroatoms. The van der Waals surface area contributed by atoms with E-state index in [1.54, 1.807) is 24.3 Å². The predicted molar refractivity (Wildman–Crippen MR) is 82.6 cm³/mol. The van der Waals surface area contributed by atoms with Crippen molar-refractivity contribution in [2.75, 3.05) is 4.90 Å². The van der Waals surface area contributed by atoms with E-state index in [1.165, 1.54) is 19.1 Å². The molecule has 0 radical (unpaired) electrons. The molecule has 0 fully saturated rings. The van der Waals surface area contributed by atoms with Gasteiger partial charge in [-0.3, -0.25) is 4.90 Å². The lowest BCUT2D eigenvalue weighted by Crippen LogP contribution is -2.43. The molecule has 120 valence electrons. The van der Waals surface area contributed by atoms with Gasteiger partial charge in [-0.05, 0) is 36.8 Å². The molecule has 0 bridgehead atoms. The lowest BCUT2D eigenvalue weighted by Gasteiger charge is -2.25. The quantitative estimate of drug-likeness (QED) is 0.917. The summed E-state index contributed by atoms with van der Waals surface area (Å²) in [5, 5.41) is 9.18. The fourth-order valence-electron chi connectivity index (χ4n) is 1.99. The average molecular weight is 317 g/mol. The van der Waals surface area contributed by atoms with E-state index in [9.17, 15) is 19.1 Å². The Morgan fingerprint density at radius 3 is 2.30 bits per heavy atom. The van der Waals surface area contributed by atoms with Gasteiger partial charge in [-0.2, -0.15) is 0 Å². The lowest BCUT2D eigenvalue weighted by molar-refractivity contribution is -0.138. The van der Waals surface area contributed by atoms with E-state index in [-0.39, 0.29) is 12.3 Å². The maximum atomic E-state index is 13.0. The van der Waals surface area contributed by atoms with Crippen LogP contribution < -0.4 is 4.90 Å². The first-order valence-electron chi connectivity index (χ1n) is 6.97. The summed E-state index contributed by atoms with van der Waals surface area (Å²) in [5.41, 5.74) is 1.03. The molecule has 5 nitrogen and oxygen atoms in total. The molecule has 1 atom stereocenters. The van der Waals surface area contributed by atoms with Gasteiger partial charge in [0, 0.05) is 5.69 Å². The largest absolute Gasteiger partial charge is 0.480 e. The van der Waals surface area contributed by atoms with Crippen molar-refractivity contribution in [2.24, 2.45) is 0 Å². The van der Waals surface area contributed by atoms with Crippen LogP contribution in [0.4, 0.5) is 14.9 Å². The predicted octanol–water partition coefficient (Wildman–Crippen LogP) is 3.44. The second-order valence-electron chi connectivity index (χ2n) is 4.90. The summed E-state index contributed by atoms with van der Waals surface area (Å²) < 4.78 is 18.2. The van der Waals surface area contributed by atoms with E-state index in [0.29, 0.717) is 0 Å². The molecule has 0 aliphatic rings. The van der Waals surface area contributed by atoms with Crippen LogP contribution in [0.5, 0.6) is 0 Å². The van der Waals surface area contributed by atoms with Crippen LogP contribution >= 0.6 is 0 Å². The van der Waals surface area contributed by atoms with Crippen molar-refractivity contribution >= 4 is 17.7 Å². The minimum absolute atomic E-state index is 0.0176. The summed E-state index contributed by atoms with van der Waals surface area (Å²) in [7, 11) is 0. The zero-order valence-corrected chi connectivity index (χ0v) is 12.5. The van der Waals surface area contributed by atoms with Gasteiger partial charge < -0.3 is 9.84 Å². The number of carboxylic acids is 1. The van der Waals surface area contributed by atoms with Gasteiger partial charge in [0.1, 0.15) is 18.5 Å². The number of rotatable bonds is 5. The zero-order valence-electron chi connectivity index (χ0n) is 12.5. The van der Waals surface area contributed by atoms with E-state index < -0.39 is 23.9 Å². The molecule has 0 saturated carbocycles. The Morgan fingerprint density at radius 2 is 1.74 bits per heavy atom. The molecule has 1 unspecified atom stereocenters. The molecular weight excluding hydrogens is 301 g/mol. The summed E-state index contributed by atoms with van der Waals surface area (Å²) in [6.07, 6.45) is -0.810. The summed E-state index contributed by atoms with van der Waals surface area (Å²) >= 11 is 0. The first-order valence-corrected chi connectivity index (χ1v) is 6.97. The van der Waals surface area contributed by atoms with Gasteiger partial charge >= 0.3 is 12.1 Å². The number of ether oxygens (including phenoxy) is 1. The number of carbonyl (C=O) groups is 2. The van der Waals surface area contributed by atoms with Crippen molar-refractivity contribution in [1.82, 2.24) is 0 Å². The van der Waals surface area contributed by atoms with Crippen LogP contribution in [0.1, 0.15) is 12.5 Å². The van der Waals surface area contributed by atoms with Crippen molar-refractivity contribution in [3.63, 3.8) is 0 Å². The van der Waals surface area contributed by atoms with Gasteiger partial charge in [-0.15, -0.1) is 0 Å². The third kappa shape index (κ3) is 4.29. The minimum Gasteiger partial charge on any atom is -0.480 e.